The minimum atomic E-state index is -4.10. The Bertz CT molecular complexity index is 1700. The number of anilines is 2. The minimum Gasteiger partial charge on any atom is -0.444 e. The molecule has 2 heterocycles. The van der Waals surface area contributed by atoms with Crippen molar-refractivity contribution in [2.24, 2.45) is 0 Å². The lowest BCUT2D eigenvalue weighted by molar-refractivity contribution is -0.119. The lowest BCUT2D eigenvalue weighted by Gasteiger charge is -2.34. The third kappa shape index (κ3) is 7.10. The van der Waals surface area contributed by atoms with Gasteiger partial charge in [0.05, 0.1) is 5.69 Å². The van der Waals surface area contributed by atoms with E-state index in [1.54, 1.807) is 62.1 Å². The summed E-state index contributed by atoms with van der Waals surface area (Å²) in [5.74, 6) is -0.388. The minimum absolute atomic E-state index is 0.0721. The van der Waals surface area contributed by atoms with Crippen LogP contribution in [0.25, 0.3) is 0 Å². The Morgan fingerprint density at radius 2 is 1.66 bits per heavy atom. The fourth-order valence-corrected chi connectivity index (χ4v) is 7.50. The van der Waals surface area contributed by atoms with E-state index in [1.165, 1.54) is 18.2 Å². The zero-order chi connectivity index (χ0) is 31.9. The second-order valence-electron chi connectivity index (χ2n) is 12.0. The molecule has 9 nitrogen and oxygen atoms in total. The molecule has 0 bridgehead atoms. The predicted molar refractivity (Wildman–Crippen MR) is 173 cm³/mol. The molecule has 1 saturated heterocycles. The van der Waals surface area contributed by atoms with Gasteiger partial charge in [0.15, 0.2) is 0 Å². The van der Waals surface area contributed by atoms with Gasteiger partial charge in [-0.2, -0.15) is 0 Å². The standard InChI is InChI=1S/C31H33Cl3N4O5S/c1-30(2,3)43-29(40)38-13-11-23(12-14-38)37-44(41,42)27-10-8-22(34)17-26(27)36-31(18-19-5-4-6-20(32)15-19)24-9-7-21(33)16-25(24)35-28(31)39/h4-10,15-17,23,36-37H,11-14,18H2,1-3H3,(H,35,39). The first-order valence-corrected chi connectivity index (χ1v) is 16.7. The van der Waals surface area contributed by atoms with Gasteiger partial charge >= 0.3 is 6.09 Å². The molecule has 1 unspecified atom stereocenters. The second kappa shape index (κ2) is 12.4. The van der Waals surface area contributed by atoms with Crippen LogP contribution in [0.3, 0.4) is 0 Å². The maximum absolute atomic E-state index is 13.9. The van der Waals surface area contributed by atoms with E-state index in [2.05, 4.69) is 15.4 Å². The van der Waals surface area contributed by atoms with E-state index in [1.807, 2.05) is 6.07 Å². The molecule has 44 heavy (non-hydrogen) atoms. The molecule has 0 aliphatic carbocycles. The number of hydrogen-bond donors (Lipinski definition) is 3. The average molecular weight is 680 g/mol. The summed E-state index contributed by atoms with van der Waals surface area (Å²) in [6.07, 6.45) is 0.537. The van der Waals surface area contributed by atoms with Gasteiger partial charge in [-0.25, -0.2) is 17.9 Å². The number of benzene rings is 3. The van der Waals surface area contributed by atoms with Gasteiger partial charge in [-0.1, -0.05) is 53.0 Å². The Morgan fingerprint density at radius 3 is 2.34 bits per heavy atom. The van der Waals surface area contributed by atoms with Crippen molar-refractivity contribution in [1.29, 1.82) is 0 Å². The van der Waals surface area contributed by atoms with E-state index < -0.39 is 33.3 Å². The molecule has 1 atom stereocenters. The number of hydrogen-bond acceptors (Lipinski definition) is 6. The predicted octanol–water partition coefficient (Wildman–Crippen LogP) is 6.83. The Kier molecular flexibility index (Phi) is 9.13. The summed E-state index contributed by atoms with van der Waals surface area (Å²) in [5.41, 5.74) is -0.0321. The van der Waals surface area contributed by atoms with Gasteiger partial charge in [0, 0.05) is 51.9 Å². The van der Waals surface area contributed by atoms with Crippen LogP contribution in [-0.4, -0.2) is 50.1 Å². The highest BCUT2D eigenvalue weighted by atomic mass is 35.5. The van der Waals surface area contributed by atoms with Gasteiger partial charge in [-0.3, -0.25) is 4.79 Å². The van der Waals surface area contributed by atoms with Crippen LogP contribution in [0.1, 0.15) is 44.7 Å². The molecule has 3 aromatic carbocycles. The molecule has 0 spiro atoms. The molecule has 2 amide bonds. The van der Waals surface area contributed by atoms with E-state index in [0.717, 1.165) is 5.56 Å². The van der Waals surface area contributed by atoms with Crippen LogP contribution >= 0.6 is 34.8 Å². The van der Waals surface area contributed by atoms with Gasteiger partial charge in [0.1, 0.15) is 16.0 Å². The molecule has 5 rings (SSSR count). The van der Waals surface area contributed by atoms with Crippen molar-refractivity contribution in [3.05, 3.63) is 86.9 Å². The number of piperidine rings is 1. The Balaban J connectivity index is 1.45. The monoisotopic (exact) mass is 678 g/mol. The number of carbonyl (C=O) groups excluding carboxylic acids is 2. The summed E-state index contributed by atoms with van der Waals surface area (Å²) < 4.78 is 35.9. The molecule has 2 aliphatic heterocycles. The van der Waals surface area contributed by atoms with Gasteiger partial charge in [-0.05, 0) is 81.6 Å². The summed E-state index contributed by atoms with van der Waals surface area (Å²) in [4.78, 5) is 27.8. The van der Waals surface area contributed by atoms with E-state index in [4.69, 9.17) is 39.5 Å². The summed E-state index contributed by atoms with van der Waals surface area (Å²) in [7, 11) is -4.10. The lowest BCUT2D eigenvalue weighted by atomic mass is 9.84. The normalized spacial score (nSPS) is 19.0. The van der Waals surface area contributed by atoms with Crippen LogP contribution in [0.2, 0.25) is 15.1 Å². The lowest BCUT2D eigenvalue weighted by Crippen LogP contribution is -2.48. The summed E-state index contributed by atoms with van der Waals surface area (Å²) in [6.45, 7) is 6.08. The highest BCUT2D eigenvalue weighted by Gasteiger charge is 2.48. The smallest absolute Gasteiger partial charge is 0.410 e. The number of fused-ring (bicyclic) bond motifs is 1. The Hall–Kier alpha value is -3.02. The summed E-state index contributed by atoms with van der Waals surface area (Å²) >= 11 is 18.9. The van der Waals surface area contributed by atoms with Gasteiger partial charge in [-0.15, -0.1) is 0 Å². The number of nitrogens with zero attached hydrogens (tertiary/aromatic N) is 1. The van der Waals surface area contributed by atoms with Gasteiger partial charge < -0.3 is 20.3 Å². The van der Waals surface area contributed by atoms with Gasteiger partial charge in [0.25, 0.3) is 5.91 Å². The van der Waals surface area contributed by atoms with Crippen molar-refractivity contribution in [2.75, 3.05) is 23.7 Å². The maximum Gasteiger partial charge on any atom is 0.410 e. The molecule has 0 saturated carbocycles. The van der Waals surface area contributed by atoms with Crippen molar-refractivity contribution in [2.45, 2.75) is 62.1 Å². The molecule has 2 aliphatic rings. The van der Waals surface area contributed by atoms with Crippen molar-refractivity contribution in [3.8, 4) is 0 Å². The molecular formula is C31H33Cl3N4O5S. The van der Waals surface area contributed by atoms with Crippen LogP contribution in [-0.2, 0) is 31.5 Å². The van der Waals surface area contributed by atoms with Crippen LogP contribution in [0.5, 0.6) is 0 Å². The zero-order valence-electron chi connectivity index (χ0n) is 24.4. The first-order chi connectivity index (χ1) is 20.6. The number of amides is 2. The van der Waals surface area contributed by atoms with Crippen LogP contribution in [0.15, 0.2) is 65.6 Å². The largest absolute Gasteiger partial charge is 0.444 e. The molecule has 0 radical (unpaired) electrons. The van der Waals surface area contributed by atoms with Crippen LogP contribution in [0.4, 0.5) is 16.2 Å². The number of likely N-dealkylation sites (tertiary alicyclic amines) is 1. The van der Waals surface area contributed by atoms with Crippen LogP contribution in [0, 0.1) is 0 Å². The highest BCUT2D eigenvalue weighted by molar-refractivity contribution is 7.89. The fraction of sp³-hybridized carbons (Fsp3) is 0.355. The molecule has 3 aromatic rings. The number of rotatable bonds is 7. The number of halogens is 3. The first-order valence-electron chi connectivity index (χ1n) is 14.1. The van der Waals surface area contributed by atoms with E-state index in [-0.39, 0.29) is 27.9 Å². The molecule has 1 fully saturated rings. The topological polar surface area (TPSA) is 117 Å². The molecular weight excluding hydrogens is 647 g/mol. The molecule has 3 N–H and O–H groups in total. The molecule has 0 aromatic heterocycles. The number of nitrogens with one attached hydrogen (secondary N) is 3. The number of carbonyl (C=O) groups is 2. The number of sulfonamides is 1. The Labute approximate surface area is 272 Å². The quantitative estimate of drug-likeness (QED) is 0.252. The third-order valence-corrected chi connectivity index (χ3v) is 9.77. The molecule has 13 heteroatoms. The van der Waals surface area contributed by atoms with E-state index in [0.29, 0.717) is 47.2 Å². The van der Waals surface area contributed by atoms with Gasteiger partial charge in [0.2, 0.25) is 10.0 Å². The van der Waals surface area contributed by atoms with Crippen molar-refractivity contribution in [3.63, 3.8) is 0 Å². The first kappa shape index (κ1) is 32.4. The summed E-state index contributed by atoms with van der Waals surface area (Å²) in [5, 5.41) is 7.39. The van der Waals surface area contributed by atoms with E-state index >= 15 is 0 Å². The Morgan fingerprint density at radius 1 is 1.00 bits per heavy atom. The third-order valence-electron chi connectivity index (χ3n) is 7.48. The average Bonchev–Trinajstić information content (AvgIpc) is 3.17. The maximum atomic E-state index is 13.9. The van der Waals surface area contributed by atoms with E-state index in [9.17, 15) is 18.0 Å². The van der Waals surface area contributed by atoms with Crippen LogP contribution < -0.4 is 15.4 Å². The zero-order valence-corrected chi connectivity index (χ0v) is 27.5. The van der Waals surface area contributed by atoms with Crippen molar-refractivity contribution in [1.82, 2.24) is 9.62 Å². The van der Waals surface area contributed by atoms with Crippen molar-refractivity contribution < 1.29 is 22.7 Å². The second-order valence-corrected chi connectivity index (χ2v) is 15.0. The highest BCUT2D eigenvalue weighted by Crippen LogP contribution is 2.43. The SMILES string of the molecule is CC(C)(C)OC(=O)N1CCC(NS(=O)(=O)c2ccc(Cl)cc2NC2(Cc3cccc(Cl)c3)C(=O)Nc3cc(Cl)ccc32)CC1. The molecule has 234 valence electrons. The fourth-order valence-electron chi connectivity index (χ4n) is 5.49. The van der Waals surface area contributed by atoms with Crippen molar-refractivity contribution >= 4 is 68.2 Å². The summed E-state index contributed by atoms with van der Waals surface area (Å²) in [6, 6.07) is 16.2. The number of ether oxygens (including phenoxy) is 1.